The molecule has 0 radical (unpaired) electrons. The third-order valence-electron chi connectivity index (χ3n) is 6.16. The smallest absolute Gasteiger partial charge is 0.408 e. The number of hydrogen-bond acceptors (Lipinski definition) is 9. The maximum Gasteiger partial charge on any atom is 0.408 e. The van der Waals surface area contributed by atoms with E-state index in [4.69, 9.17) is 23.7 Å². The van der Waals surface area contributed by atoms with E-state index < -0.39 is 35.6 Å². The van der Waals surface area contributed by atoms with E-state index in [0.717, 1.165) is 0 Å². The van der Waals surface area contributed by atoms with E-state index in [1.807, 2.05) is 0 Å². The van der Waals surface area contributed by atoms with E-state index in [-0.39, 0.29) is 24.6 Å². The number of alkyl carbamates (subject to hydrolysis) is 1. The van der Waals surface area contributed by atoms with Gasteiger partial charge in [-0.15, -0.1) is 0 Å². The summed E-state index contributed by atoms with van der Waals surface area (Å²) in [5, 5.41) is 18.4. The average Bonchev–Trinajstić information content (AvgIpc) is 2.92. The quantitative estimate of drug-likeness (QED) is 0.276. The molecular formula is C30H43N3O9. The summed E-state index contributed by atoms with van der Waals surface area (Å²) in [5.74, 6) is 0.213. The van der Waals surface area contributed by atoms with Gasteiger partial charge in [-0.1, -0.05) is 13.8 Å². The van der Waals surface area contributed by atoms with Crippen LogP contribution in [0, 0.1) is 5.92 Å². The highest BCUT2D eigenvalue weighted by Gasteiger charge is 2.31. The highest BCUT2D eigenvalue weighted by molar-refractivity contribution is 5.91. The van der Waals surface area contributed by atoms with E-state index in [1.165, 1.54) is 34.5 Å². The number of phenolic OH excluding ortho intramolecular Hbond substituents is 1. The molecule has 0 heterocycles. The van der Waals surface area contributed by atoms with Crippen LogP contribution < -0.4 is 34.9 Å². The molecule has 0 saturated carbocycles. The number of amides is 3. The number of aromatic hydroxyl groups is 1. The molecule has 4 N–H and O–H groups in total. The Morgan fingerprint density at radius 1 is 0.857 bits per heavy atom. The molecule has 0 spiro atoms. The van der Waals surface area contributed by atoms with Crippen molar-refractivity contribution < 1.29 is 43.2 Å². The van der Waals surface area contributed by atoms with Gasteiger partial charge in [0, 0.05) is 24.6 Å². The second-order valence-electron chi connectivity index (χ2n) is 10.9. The van der Waals surface area contributed by atoms with Gasteiger partial charge in [0.15, 0.2) is 11.5 Å². The maximum atomic E-state index is 13.6. The van der Waals surface area contributed by atoms with Crippen LogP contribution in [0.1, 0.15) is 45.7 Å². The zero-order valence-electron chi connectivity index (χ0n) is 25.7. The Labute approximate surface area is 247 Å². The van der Waals surface area contributed by atoms with Crippen molar-refractivity contribution in [2.45, 2.75) is 65.3 Å². The molecule has 2 atom stereocenters. The first-order chi connectivity index (χ1) is 19.7. The van der Waals surface area contributed by atoms with E-state index in [9.17, 15) is 19.5 Å². The second kappa shape index (κ2) is 15.0. The number of benzene rings is 2. The van der Waals surface area contributed by atoms with E-state index in [0.29, 0.717) is 34.1 Å². The molecule has 2 aromatic carbocycles. The Morgan fingerprint density at radius 3 is 1.95 bits per heavy atom. The van der Waals surface area contributed by atoms with Crippen molar-refractivity contribution in [1.29, 1.82) is 0 Å². The number of rotatable bonds is 13. The Hall–Kier alpha value is -4.35. The summed E-state index contributed by atoms with van der Waals surface area (Å²) >= 11 is 0. The van der Waals surface area contributed by atoms with Crippen molar-refractivity contribution in [1.82, 2.24) is 16.0 Å². The zero-order valence-corrected chi connectivity index (χ0v) is 25.7. The predicted octanol–water partition coefficient (Wildman–Crippen LogP) is 3.32. The minimum absolute atomic E-state index is 0.0218. The first-order valence-electron chi connectivity index (χ1n) is 13.4. The number of ether oxygens (including phenoxy) is 5. The third kappa shape index (κ3) is 9.64. The van der Waals surface area contributed by atoms with E-state index in [2.05, 4.69) is 16.0 Å². The molecule has 0 aliphatic heterocycles. The Bertz CT molecular complexity index is 1220. The number of hydrogen-bond donors (Lipinski definition) is 4. The lowest BCUT2D eigenvalue weighted by molar-refractivity contribution is -0.131. The van der Waals surface area contributed by atoms with Crippen LogP contribution in [-0.2, 0) is 27.3 Å². The number of phenols is 1. The van der Waals surface area contributed by atoms with Gasteiger partial charge in [-0.2, -0.15) is 0 Å². The predicted molar refractivity (Wildman–Crippen MR) is 156 cm³/mol. The summed E-state index contributed by atoms with van der Waals surface area (Å²) in [7, 11) is 5.91. The molecule has 0 unspecified atom stereocenters. The van der Waals surface area contributed by atoms with E-state index >= 15 is 0 Å². The molecule has 0 aliphatic rings. The zero-order chi connectivity index (χ0) is 31.6. The molecule has 42 heavy (non-hydrogen) atoms. The van der Waals surface area contributed by atoms with Crippen molar-refractivity contribution in [3.63, 3.8) is 0 Å². The standard InChI is InChI=1S/C30H43N3O9/c1-17(2)25(28(36)31-16-19-10-11-20(38-6)15-22(19)34)33-27(35)21(32-29(37)42-30(3,4)5)12-18-13-23(39-7)26(41-9)24(14-18)40-8/h10-11,13-15,17,21,25,34H,12,16H2,1-9H3,(H,31,36)(H,32,37)(H,33,35)/t21-,25-/m0/s1. The fourth-order valence-corrected chi connectivity index (χ4v) is 4.05. The largest absolute Gasteiger partial charge is 0.507 e. The summed E-state index contributed by atoms with van der Waals surface area (Å²) < 4.78 is 26.7. The molecule has 232 valence electrons. The molecule has 12 nitrogen and oxygen atoms in total. The average molecular weight is 590 g/mol. The highest BCUT2D eigenvalue weighted by Crippen LogP contribution is 2.38. The lowest BCUT2D eigenvalue weighted by Gasteiger charge is -2.27. The molecular weight excluding hydrogens is 546 g/mol. The Morgan fingerprint density at radius 2 is 1.48 bits per heavy atom. The van der Waals surface area contributed by atoms with Gasteiger partial charge in [0.05, 0.1) is 28.4 Å². The summed E-state index contributed by atoms with van der Waals surface area (Å²) in [6.07, 6.45) is -0.774. The summed E-state index contributed by atoms with van der Waals surface area (Å²) in [6, 6.07) is 6.02. The first kappa shape index (κ1) is 33.9. The minimum atomic E-state index is -1.12. The normalized spacial score (nSPS) is 12.5. The lowest BCUT2D eigenvalue weighted by atomic mass is 10.0. The fraction of sp³-hybridized carbons (Fsp3) is 0.500. The molecule has 0 aromatic heterocycles. The molecule has 3 amide bonds. The summed E-state index contributed by atoms with van der Waals surface area (Å²) in [5.41, 5.74) is 0.275. The van der Waals surface area contributed by atoms with Gasteiger partial charge in [0.2, 0.25) is 17.6 Å². The first-order valence-corrected chi connectivity index (χ1v) is 13.4. The molecule has 2 rings (SSSR count). The minimum Gasteiger partial charge on any atom is -0.507 e. The van der Waals surface area contributed by atoms with Gasteiger partial charge in [-0.25, -0.2) is 4.79 Å². The molecule has 0 saturated heterocycles. The number of methoxy groups -OCH3 is 4. The van der Waals surface area contributed by atoms with Crippen molar-refractivity contribution in [3.05, 3.63) is 41.5 Å². The van der Waals surface area contributed by atoms with Gasteiger partial charge in [-0.3, -0.25) is 9.59 Å². The number of carbonyl (C=O) groups excluding carboxylic acids is 3. The SMILES string of the molecule is COc1ccc(CNC(=O)[C@@H](NC(=O)[C@H](Cc2cc(OC)c(OC)c(OC)c2)NC(=O)OC(C)(C)C)C(C)C)c(O)c1. The van der Waals surface area contributed by atoms with Gasteiger partial charge in [-0.05, 0) is 56.5 Å². The molecule has 2 aromatic rings. The fourth-order valence-electron chi connectivity index (χ4n) is 4.05. The molecule has 0 fully saturated rings. The van der Waals surface area contributed by atoms with Gasteiger partial charge >= 0.3 is 6.09 Å². The van der Waals surface area contributed by atoms with Crippen molar-refractivity contribution in [2.24, 2.45) is 5.92 Å². The Balaban J connectivity index is 2.30. The molecule has 0 aliphatic carbocycles. The van der Waals surface area contributed by atoms with Crippen molar-refractivity contribution in [2.75, 3.05) is 28.4 Å². The summed E-state index contributed by atoms with van der Waals surface area (Å²) in [6.45, 7) is 8.72. The van der Waals surface area contributed by atoms with Crippen LogP contribution >= 0.6 is 0 Å². The molecule has 0 bridgehead atoms. The van der Waals surface area contributed by atoms with Crippen LogP contribution in [0.15, 0.2) is 30.3 Å². The number of carbonyl (C=O) groups is 3. The highest BCUT2D eigenvalue weighted by atomic mass is 16.6. The van der Waals surface area contributed by atoms with Crippen molar-refractivity contribution in [3.8, 4) is 28.7 Å². The van der Waals surface area contributed by atoms with E-state index in [1.54, 1.807) is 58.9 Å². The maximum absolute atomic E-state index is 13.6. The molecule has 12 heteroatoms. The van der Waals surface area contributed by atoms with Crippen molar-refractivity contribution >= 4 is 17.9 Å². The second-order valence-corrected chi connectivity index (χ2v) is 10.9. The van der Waals surface area contributed by atoms with Gasteiger partial charge < -0.3 is 44.7 Å². The van der Waals surface area contributed by atoms with Crippen LogP contribution in [-0.4, -0.2) is 69.1 Å². The van der Waals surface area contributed by atoms with Crippen LogP contribution in [0.4, 0.5) is 4.79 Å². The number of nitrogens with one attached hydrogen (secondary N) is 3. The Kier molecular flexibility index (Phi) is 12.1. The monoisotopic (exact) mass is 589 g/mol. The van der Waals surface area contributed by atoms with Crippen LogP contribution in [0.5, 0.6) is 28.7 Å². The van der Waals surface area contributed by atoms with Crippen LogP contribution in [0.3, 0.4) is 0 Å². The van der Waals surface area contributed by atoms with Crippen LogP contribution in [0.2, 0.25) is 0 Å². The van der Waals surface area contributed by atoms with Crippen LogP contribution in [0.25, 0.3) is 0 Å². The topological polar surface area (TPSA) is 154 Å². The van der Waals surface area contributed by atoms with Gasteiger partial charge in [0.25, 0.3) is 0 Å². The third-order valence-corrected chi connectivity index (χ3v) is 6.16. The lowest BCUT2D eigenvalue weighted by Crippen LogP contribution is -2.56. The summed E-state index contributed by atoms with van der Waals surface area (Å²) in [4.78, 5) is 39.5. The van der Waals surface area contributed by atoms with Gasteiger partial charge in [0.1, 0.15) is 29.2 Å².